The van der Waals surface area contributed by atoms with Crippen molar-refractivity contribution in [1.29, 1.82) is 0 Å². The number of carbonyl (C=O) groups is 1. The minimum Gasteiger partial charge on any atom is -0.321 e. The molecule has 0 aliphatic heterocycles. The first-order valence-electron chi connectivity index (χ1n) is 8.12. The molecule has 1 aromatic heterocycles. The van der Waals surface area contributed by atoms with Crippen LogP contribution in [-0.2, 0) is 16.6 Å². The summed E-state index contributed by atoms with van der Waals surface area (Å²) in [6, 6.07) is 14.7. The Morgan fingerprint density at radius 2 is 1.82 bits per heavy atom. The number of para-hydroxylation sites is 1. The number of hydrogen-bond acceptors (Lipinski definition) is 4. The molecule has 0 fully saturated rings. The normalized spacial score (nSPS) is 11.2. The average molecular weight is 420 g/mol. The van der Waals surface area contributed by atoms with Gasteiger partial charge in [0, 0.05) is 11.8 Å². The molecule has 2 N–H and O–H groups in total. The highest BCUT2D eigenvalue weighted by Crippen LogP contribution is 2.22. The summed E-state index contributed by atoms with van der Waals surface area (Å²) in [5, 5.41) is 2.89. The van der Waals surface area contributed by atoms with Crippen LogP contribution in [0.3, 0.4) is 0 Å². The summed E-state index contributed by atoms with van der Waals surface area (Å²) in [6.45, 7) is -0.112. The van der Waals surface area contributed by atoms with Crippen molar-refractivity contribution in [3.63, 3.8) is 0 Å². The van der Waals surface area contributed by atoms with E-state index in [2.05, 4.69) is 15.0 Å². The fraction of sp³-hybridized carbons (Fsp3) is 0.0526. The maximum atomic E-state index is 14.2. The summed E-state index contributed by atoms with van der Waals surface area (Å²) in [7, 11) is -4.20. The number of nitrogens with one attached hydrogen (secondary N) is 2. The Bertz CT molecular complexity index is 1110. The van der Waals surface area contributed by atoms with Gasteiger partial charge in [0.1, 0.15) is 10.7 Å². The van der Waals surface area contributed by atoms with E-state index in [1.807, 2.05) is 0 Å². The molecule has 0 unspecified atom stereocenters. The van der Waals surface area contributed by atoms with Crippen LogP contribution in [0.25, 0.3) is 0 Å². The number of halogens is 2. The highest BCUT2D eigenvalue weighted by Gasteiger charge is 2.21. The fourth-order valence-electron chi connectivity index (χ4n) is 2.36. The zero-order chi connectivity index (χ0) is 20.1. The Morgan fingerprint density at radius 1 is 1.07 bits per heavy atom. The van der Waals surface area contributed by atoms with Gasteiger partial charge in [-0.25, -0.2) is 17.5 Å². The second-order valence-electron chi connectivity index (χ2n) is 5.72. The number of rotatable bonds is 6. The summed E-state index contributed by atoms with van der Waals surface area (Å²) < 4.78 is 41.4. The molecule has 1 heterocycles. The van der Waals surface area contributed by atoms with E-state index in [0.717, 1.165) is 12.1 Å². The van der Waals surface area contributed by atoms with E-state index in [1.54, 1.807) is 42.5 Å². The van der Waals surface area contributed by atoms with Gasteiger partial charge in [0.2, 0.25) is 10.0 Å². The molecule has 0 aliphatic carbocycles. The third-order valence-electron chi connectivity index (χ3n) is 3.77. The summed E-state index contributed by atoms with van der Waals surface area (Å²) in [4.78, 5) is 15.8. The topological polar surface area (TPSA) is 88.2 Å². The van der Waals surface area contributed by atoms with Gasteiger partial charge in [-0.1, -0.05) is 29.8 Å². The van der Waals surface area contributed by atoms with Crippen LogP contribution in [0.5, 0.6) is 0 Å². The van der Waals surface area contributed by atoms with Crippen molar-refractivity contribution in [1.82, 2.24) is 9.71 Å². The fourth-order valence-corrected chi connectivity index (χ4v) is 3.64. The number of nitrogens with zero attached hydrogens (tertiary/aromatic N) is 1. The van der Waals surface area contributed by atoms with Gasteiger partial charge < -0.3 is 5.32 Å². The minimum atomic E-state index is -4.20. The smallest absolute Gasteiger partial charge is 0.255 e. The minimum absolute atomic E-state index is 0.0282. The first-order valence-corrected chi connectivity index (χ1v) is 9.98. The lowest BCUT2D eigenvalue weighted by Crippen LogP contribution is -2.25. The van der Waals surface area contributed by atoms with Crippen molar-refractivity contribution < 1.29 is 17.6 Å². The SMILES string of the molecule is O=C(Nc1ccccc1Cl)c1ccc(F)c(S(=O)(=O)NCc2ccccn2)c1. The van der Waals surface area contributed by atoms with Gasteiger partial charge in [0.25, 0.3) is 5.91 Å². The number of sulfonamides is 1. The van der Waals surface area contributed by atoms with E-state index < -0.39 is 26.6 Å². The van der Waals surface area contributed by atoms with E-state index in [-0.39, 0.29) is 12.1 Å². The Balaban J connectivity index is 1.82. The first-order chi connectivity index (χ1) is 13.4. The van der Waals surface area contributed by atoms with Crippen molar-refractivity contribution in [2.75, 3.05) is 5.32 Å². The second-order valence-corrected chi connectivity index (χ2v) is 7.87. The van der Waals surface area contributed by atoms with Gasteiger partial charge in [0.15, 0.2) is 0 Å². The molecule has 144 valence electrons. The Morgan fingerprint density at radius 3 is 2.54 bits per heavy atom. The van der Waals surface area contributed by atoms with Crippen molar-refractivity contribution in [2.45, 2.75) is 11.4 Å². The Hall–Kier alpha value is -2.81. The Labute approximate surface area is 166 Å². The van der Waals surface area contributed by atoms with E-state index >= 15 is 0 Å². The summed E-state index contributed by atoms with van der Waals surface area (Å²) in [5.74, 6) is -1.59. The predicted octanol–water partition coefficient (Wildman–Crippen LogP) is 3.60. The van der Waals surface area contributed by atoms with Gasteiger partial charge in [-0.05, 0) is 42.5 Å². The largest absolute Gasteiger partial charge is 0.321 e. The zero-order valence-corrected chi connectivity index (χ0v) is 16.0. The molecule has 0 aliphatic rings. The summed E-state index contributed by atoms with van der Waals surface area (Å²) in [6.07, 6.45) is 1.52. The maximum Gasteiger partial charge on any atom is 0.255 e. The molecule has 0 saturated heterocycles. The zero-order valence-electron chi connectivity index (χ0n) is 14.4. The van der Waals surface area contributed by atoms with Gasteiger partial charge in [0.05, 0.1) is 22.9 Å². The van der Waals surface area contributed by atoms with E-state index in [9.17, 15) is 17.6 Å². The highest BCUT2D eigenvalue weighted by molar-refractivity contribution is 7.89. The van der Waals surface area contributed by atoms with Crippen LogP contribution in [0.15, 0.2) is 71.8 Å². The number of amides is 1. The van der Waals surface area contributed by atoms with Crippen LogP contribution in [0.2, 0.25) is 5.02 Å². The van der Waals surface area contributed by atoms with Crippen molar-refractivity contribution in [3.8, 4) is 0 Å². The van der Waals surface area contributed by atoms with Crippen molar-refractivity contribution >= 4 is 33.2 Å². The third-order valence-corrected chi connectivity index (χ3v) is 5.52. The predicted molar refractivity (Wildman–Crippen MR) is 104 cm³/mol. The average Bonchev–Trinajstić information content (AvgIpc) is 2.69. The molecular formula is C19H15ClFN3O3S. The molecule has 28 heavy (non-hydrogen) atoms. The van der Waals surface area contributed by atoms with Crippen LogP contribution < -0.4 is 10.0 Å². The molecule has 0 atom stereocenters. The van der Waals surface area contributed by atoms with Crippen LogP contribution >= 0.6 is 11.6 Å². The van der Waals surface area contributed by atoms with E-state index in [0.29, 0.717) is 16.4 Å². The van der Waals surface area contributed by atoms with E-state index in [1.165, 1.54) is 12.3 Å². The standard InChI is InChI=1S/C19H15ClFN3O3S/c20-15-6-1-2-7-17(15)24-19(25)13-8-9-16(21)18(11-13)28(26,27)23-12-14-5-3-4-10-22-14/h1-11,23H,12H2,(H,24,25). The molecule has 1 amide bonds. The Kier molecular flexibility index (Phi) is 6.03. The number of hydrogen-bond donors (Lipinski definition) is 2. The van der Waals surface area contributed by atoms with Crippen molar-refractivity contribution in [3.05, 3.63) is 89.0 Å². The van der Waals surface area contributed by atoms with Gasteiger partial charge in [-0.2, -0.15) is 0 Å². The molecule has 0 bridgehead atoms. The number of aromatic nitrogens is 1. The molecule has 3 rings (SSSR count). The van der Waals surface area contributed by atoms with Crippen LogP contribution in [0, 0.1) is 5.82 Å². The maximum absolute atomic E-state index is 14.2. The van der Waals surface area contributed by atoms with Crippen LogP contribution in [0.4, 0.5) is 10.1 Å². The molecule has 0 radical (unpaired) electrons. The summed E-state index contributed by atoms with van der Waals surface area (Å²) in [5.41, 5.74) is 0.801. The molecule has 2 aromatic carbocycles. The number of carbonyl (C=O) groups excluding carboxylic acids is 1. The number of benzene rings is 2. The quantitative estimate of drug-likeness (QED) is 0.639. The lowest BCUT2D eigenvalue weighted by atomic mass is 10.2. The monoisotopic (exact) mass is 419 g/mol. The van der Waals surface area contributed by atoms with Crippen LogP contribution in [0.1, 0.15) is 16.1 Å². The van der Waals surface area contributed by atoms with Crippen molar-refractivity contribution in [2.24, 2.45) is 0 Å². The van der Waals surface area contributed by atoms with Gasteiger partial charge in [-0.3, -0.25) is 9.78 Å². The first kappa shape index (κ1) is 19.9. The molecular weight excluding hydrogens is 405 g/mol. The molecule has 0 spiro atoms. The van der Waals surface area contributed by atoms with Gasteiger partial charge in [-0.15, -0.1) is 0 Å². The second kappa shape index (κ2) is 8.47. The lowest BCUT2D eigenvalue weighted by Gasteiger charge is -2.10. The molecule has 0 saturated carbocycles. The highest BCUT2D eigenvalue weighted by atomic mass is 35.5. The number of pyridine rings is 1. The number of anilines is 1. The third kappa shape index (κ3) is 4.72. The van der Waals surface area contributed by atoms with E-state index in [4.69, 9.17) is 11.6 Å². The molecule has 3 aromatic rings. The van der Waals surface area contributed by atoms with Gasteiger partial charge >= 0.3 is 0 Å². The summed E-state index contributed by atoms with van der Waals surface area (Å²) >= 11 is 6.00. The lowest BCUT2D eigenvalue weighted by molar-refractivity contribution is 0.102. The molecule has 6 nitrogen and oxygen atoms in total. The molecule has 9 heteroatoms. The van der Waals surface area contributed by atoms with Crippen LogP contribution in [-0.4, -0.2) is 19.3 Å².